The molecule has 0 radical (unpaired) electrons. The van der Waals surface area contributed by atoms with Gasteiger partial charge in [0.15, 0.2) is 23.3 Å². The number of nitrogens with zero attached hydrogens (tertiary/aromatic N) is 4. The first kappa shape index (κ1) is 111. The fraction of sp³-hybridized carbons (Fsp3) is 0.517. The molecule has 39 nitrogen and oxygen atoms in total. The Morgan fingerprint density at radius 3 is 0.943 bits per heavy atom. The zero-order valence-corrected chi connectivity index (χ0v) is 81.6. The number of allylic oxidation sites excluding steroid dienone is 4. The van der Waals surface area contributed by atoms with Crippen LogP contribution in [0.1, 0.15) is 185 Å². The predicted molar refractivity (Wildman–Crippen MR) is 480 cm³/mol. The van der Waals surface area contributed by atoms with E-state index in [2.05, 4.69) is 0 Å². The van der Waals surface area contributed by atoms with E-state index in [1.165, 1.54) is 0 Å². The number of benzene rings is 4. The highest BCUT2D eigenvalue weighted by atomic mass is 35.5. The second-order valence-corrected chi connectivity index (χ2v) is 42.2. The lowest BCUT2D eigenvalue weighted by molar-refractivity contribution is -0.163. The van der Waals surface area contributed by atoms with Gasteiger partial charge in [-0.25, -0.2) is 35.8 Å². The summed E-state index contributed by atoms with van der Waals surface area (Å²) in [6.07, 6.45) is -10.9. The highest BCUT2D eigenvalue weighted by Gasteiger charge is 2.52. The number of phosphoric ester groups is 4. The van der Waals surface area contributed by atoms with E-state index >= 15 is 0 Å². The van der Waals surface area contributed by atoms with Gasteiger partial charge >= 0.3 is 49.2 Å². The van der Waals surface area contributed by atoms with Gasteiger partial charge in [-0.05, 0) is 98.0 Å². The molecule has 4 aromatic carbocycles. The van der Waals surface area contributed by atoms with Crippen molar-refractivity contribution in [3.05, 3.63) is 188 Å². The molecule has 8 unspecified atom stereocenters. The van der Waals surface area contributed by atoms with Crippen LogP contribution in [0, 0.1) is 5.41 Å². The number of amides is 4. The van der Waals surface area contributed by atoms with Crippen LogP contribution in [0.25, 0.3) is 0 Å². The molecule has 0 saturated carbocycles. The van der Waals surface area contributed by atoms with Gasteiger partial charge < -0.3 is 38.3 Å². The van der Waals surface area contributed by atoms with E-state index < -0.39 is 249 Å². The first-order chi connectivity index (χ1) is 65.9. The van der Waals surface area contributed by atoms with Crippen molar-refractivity contribution in [2.45, 2.75) is 237 Å². The second kappa shape index (κ2) is 48.8. The summed E-state index contributed by atoms with van der Waals surface area (Å²) in [5.41, 5.74) is 2.02. The van der Waals surface area contributed by atoms with Crippen molar-refractivity contribution in [1.29, 1.82) is 0 Å². The maximum absolute atomic E-state index is 13.9. The molecule has 8 fully saturated rings. The van der Waals surface area contributed by atoms with Crippen LogP contribution in [0.4, 0.5) is 17.6 Å². The second-order valence-electron chi connectivity index (χ2n) is 33.9. The normalized spacial score (nSPS) is 31.5. The summed E-state index contributed by atoms with van der Waals surface area (Å²) in [6.45, 7) is 7.46. The Balaban J connectivity index is 0.000000167. The Labute approximate surface area is 820 Å². The van der Waals surface area contributed by atoms with Crippen molar-refractivity contribution < 1.29 is 181 Å². The average Bonchev–Trinajstić information content (AvgIpc) is 1.68. The molecule has 12 aliphatic rings. The molecular formula is C89H102Cl4F4N4O35P4. The Hall–Kier alpha value is -8.07. The fourth-order valence-corrected chi connectivity index (χ4v) is 21.8. The number of ether oxygens (including phenoxy) is 7. The fourth-order valence-electron chi connectivity index (χ4n) is 15.5. The molecule has 20 atom stereocenters. The number of hydrogen-bond donors (Lipinski definition) is 1. The van der Waals surface area contributed by atoms with E-state index in [-0.39, 0.29) is 98.8 Å². The van der Waals surface area contributed by atoms with Gasteiger partial charge in [0, 0.05) is 109 Å². The van der Waals surface area contributed by atoms with Crippen LogP contribution in [0.2, 0.25) is 20.1 Å². The van der Waals surface area contributed by atoms with Gasteiger partial charge in [-0.2, -0.15) is 0 Å². The van der Waals surface area contributed by atoms with Crippen LogP contribution in [0.3, 0.4) is 0 Å². The van der Waals surface area contributed by atoms with E-state index in [1.54, 1.807) is 125 Å². The monoisotopic (exact) mass is 2130 g/mol. The number of aliphatic hydroxyl groups excluding tert-OH is 1. The van der Waals surface area contributed by atoms with Crippen molar-refractivity contribution in [1.82, 2.24) is 19.6 Å². The minimum atomic E-state index is -4.04. The van der Waals surface area contributed by atoms with Gasteiger partial charge in [0.2, 0.25) is 46.8 Å². The van der Waals surface area contributed by atoms with E-state index in [1.807, 2.05) is 6.92 Å². The third-order valence-corrected chi connectivity index (χ3v) is 29.5. The summed E-state index contributed by atoms with van der Waals surface area (Å²) in [7, 11) is -16.0. The number of carbonyl (C=O) groups is 11. The lowest BCUT2D eigenvalue weighted by Gasteiger charge is -2.30. The molecular weight excluding hydrogens is 2030 g/mol. The van der Waals surface area contributed by atoms with E-state index in [9.17, 15) is 93.7 Å². The van der Waals surface area contributed by atoms with E-state index in [4.69, 9.17) is 134 Å². The first-order valence-corrected chi connectivity index (χ1v) is 51.4. The van der Waals surface area contributed by atoms with Crippen molar-refractivity contribution in [2.24, 2.45) is 5.41 Å². The summed E-state index contributed by atoms with van der Waals surface area (Å²) in [5, 5.41) is 12.3. The topological polar surface area (TPSA) is 465 Å². The summed E-state index contributed by atoms with van der Waals surface area (Å²) in [6, 6.07) is 27.7. The third kappa shape index (κ3) is 29.4. The van der Waals surface area contributed by atoms with Gasteiger partial charge in [0.05, 0.1) is 114 Å². The molecule has 0 bridgehead atoms. The third-order valence-electron chi connectivity index (χ3n) is 22.7. The predicted octanol–water partition coefficient (Wildman–Crippen LogP) is 16.7. The zero-order valence-electron chi connectivity index (χ0n) is 75.0. The van der Waals surface area contributed by atoms with Crippen molar-refractivity contribution >= 4 is 142 Å². The molecule has 1 N–H and O–H groups in total. The van der Waals surface area contributed by atoms with Crippen LogP contribution in [0.15, 0.2) is 145 Å². The summed E-state index contributed by atoms with van der Waals surface area (Å²) < 4.78 is 213. The number of phosphoric acid groups is 4. The zero-order chi connectivity index (χ0) is 100. The number of Topliss-reactive ketones (excluding diaryl/α,β-unsaturated/α-hetero) is 4. The van der Waals surface area contributed by atoms with Crippen LogP contribution in [-0.4, -0.2) is 216 Å². The van der Waals surface area contributed by atoms with Crippen LogP contribution in [0.5, 0.6) is 0 Å². The number of hydrogen-bond acceptors (Lipinski definition) is 35. The highest BCUT2D eigenvalue weighted by Crippen LogP contribution is 2.61. The molecule has 8 saturated heterocycles. The Morgan fingerprint density at radius 1 is 0.407 bits per heavy atom. The summed E-state index contributed by atoms with van der Waals surface area (Å²) >= 11 is 24.1. The molecule has 16 rings (SSSR count). The molecule has 0 spiro atoms. The quantitative estimate of drug-likeness (QED) is 0.0200. The average molecular weight is 2130 g/mol. The molecule has 140 heavy (non-hydrogen) atoms. The highest BCUT2D eigenvalue weighted by molar-refractivity contribution is 7.49. The van der Waals surface area contributed by atoms with Crippen molar-refractivity contribution in [3.63, 3.8) is 0 Å². The maximum atomic E-state index is 13.9. The Bertz CT molecular complexity index is 5620. The first-order valence-electron chi connectivity index (χ1n) is 44.0. The van der Waals surface area contributed by atoms with E-state index in [0.29, 0.717) is 68.9 Å². The van der Waals surface area contributed by atoms with Gasteiger partial charge in [0.25, 0.3) is 0 Å². The Kier molecular flexibility index (Phi) is 38.6. The number of ketones is 4. The number of halogens is 8. The number of carbonyl (C=O) groups excluding carboxylic acids is 11. The van der Waals surface area contributed by atoms with Gasteiger partial charge in [0.1, 0.15) is 67.6 Å². The lowest BCUT2D eigenvalue weighted by Crippen LogP contribution is -2.40. The van der Waals surface area contributed by atoms with Crippen molar-refractivity contribution in [2.75, 3.05) is 52.9 Å². The number of esters is 3. The molecule has 51 heteroatoms. The van der Waals surface area contributed by atoms with Crippen molar-refractivity contribution in [3.8, 4) is 0 Å². The number of rotatable bonds is 26. The summed E-state index contributed by atoms with van der Waals surface area (Å²) in [5.74, 6) is -12.1. The lowest BCUT2D eigenvalue weighted by atomic mass is 9.97. The molecule has 0 aromatic heterocycles. The molecule has 4 amide bonds. The summed E-state index contributed by atoms with van der Waals surface area (Å²) in [4.78, 5) is 135. The van der Waals surface area contributed by atoms with Crippen LogP contribution < -0.4 is 0 Å². The standard InChI is InChI=1S/C24H28ClFNO9P.C23H26ClFNO9P.C22H24ClFNO9P.C19H20ClFNO8P.CH4/c1-24(2,3)23(30)35-19-11-22(27-12-16(26)17(28)10-21(27)29)34-20(19)13-33-37(31)32-8-7-18(36-37)14-5-4-6-15(25)9-14;1-2-4-23(29)34-19-11-22(26-12-16(25)17(27)10-21(26)28)33-20(19)13-32-36(30)31-8-7-18(35-36)14-5-3-6-15(24)9-14;1-2-22(28)33-18-10-21(25-11-15(24)16(26)9-20(25)27)32-19(18)12-31-35(29)30-7-6-17(34-35)13-4-3-5-14(23)8-13;20-12-3-1-2-11(6-12)16-4-5-27-31(26,30-16)28-10-17-15(24)8-19(29-17)22-9-13(21)14(23)7-18(22)25;/h4-6,9,12,18-20,22H,7-8,10-11,13H2,1-3H3;3,5-6,9,12,18-20,22H,2,4,7-8,10-11,13H2,1H3;3-5,8,11,17-19,21H,2,6-7,9-10,12H2,1H3;1-3,6,9,15-17,19,24H,4-5,7-8,10H2;1H4/t18?,19-,20+,22+,37?;18?,19-,20+,22+,36?;17?,18-,19+,21+,35?;15-,16?,17+,19+,31?;/m0000./s1. The smallest absolute Gasteiger partial charge is 0.459 e. The minimum absolute atomic E-state index is 0. The SMILES string of the molecule is C.CC(C)(C)C(=O)O[C@H]1C[C@H](N2C=C(F)C(=O)CC2=O)O[C@@H]1COP1(=O)OCCC(c2cccc(Cl)c2)O1.CCC(=O)O[C@H]1C[C@H](N2C=C(F)C(=O)CC2=O)O[C@@H]1COP1(=O)OCCC(c2cccc(Cl)c2)O1.CCCC(=O)O[C@H]1C[C@H](N2C=C(F)C(=O)CC2=O)O[C@@H]1COP1(=O)OCCC(c2cccc(Cl)c2)O1.O=C1CC(=O)N([C@H]2C[C@H](O)[C@@H](COP3(=O)OCCC(c4cccc(Cl)c4)O3)O2)C=C1F. The molecule has 4 aromatic rings. The maximum Gasteiger partial charge on any atom is 0.475 e. The molecule has 12 aliphatic heterocycles. The molecule has 0 aliphatic carbocycles. The Morgan fingerprint density at radius 2 is 0.671 bits per heavy atom. The van der Waals surface area contributed by atoms with Gasteiger partial charge in [-0.3, -0.25) is 127 Å². The van der Waals surface area contributed by atoms with Gasteiger partial charge in [-0.1, -0.05) is 116 Å². The molecule has 12 heterocycles. The van der Waals surface area contributed by atoms with Crippen LogP contribution in [-0.2, 0) is 158 Å². The molecule has 764 valence electrons. The minimum Gasteiger partial charge on any atom is -0.459 e. The van der Waals surface area contributed by atoms with Gasteiger partial charge in [-0.15, -0.1) is 0 Å². The van der Waals surface area contributed by atoms with E-state index in [0.717, 1.165) is 50.0 Å². The van der Waals surface area contributed by atoms with Crippen LogP contribution >= 0.6 is 77.7 Å². The largest absolute Gasteiger partial charge is 0.475 e. The number of aliphatic hydroxyl groups is 1.